The second-order valence-electron chi connectivity index (χ2n) is 9.72. The zero-order valence-electron chi connectivity index (χ0n) is 23.0. The maximum absolute atomic E-state index is 14.0. The van der Waals surface area contributed by atoms with Crippen LogP contribution in [-0.4, -0.2) is 44.8 Å². The molecule has 7 nitrogen and oxygen atoms in total. The van der Waals surface area contributed by atoms with Crippen molar-refractivity contribution in [3.05, 3.63) is 94.5 Å². The first-order valence-electron chi connectivity index (χ1n) is 12.7. The van der Waals surface area contributed by atoms with Crippen molar-refractivity contribution < 1.29 is 18.0 Å². The summed E-state index contributed by atoms with van der Waals surface area (Å²) in [6, 6.07) is 19.0. The SMILES string of the molecule is CCC(C(=O)NC)N(Cc1cccc(C)c1)C(=O)CN(c1cc(C)cc(C)c1)S(=O)(=O)c1ccc(C)cc1. The Labute approximate surface area is 226 Å². The molecule has 2 amide bonds. The Bertz CT molecular complexity index is 1380. The first kappa shape index (κ1) is 28.9. The Morgan fingerprint density at radius 1 is 0.842 bits per heavy atom. The van der Waals surface area contributed by atoms with Gasteiger partial charge in [-0.25, -0.2) is 8.42 Å². The van der Waals surface area contributed by atoms with E-state index in [0.717, 1.165) is 32.1 Å². The molecule has 0 bridgehead atoms. The number of hydrogen-bond donors (Lipinski definition) is 1. The number of nitrogens with zero attached hydrogens (tertiary/aromatic N) is 2. The van der Waals surface area contributed by atoms with Crippen molar-refractivity contribution in [2.45, 2.75) is 58.5 Å². The molecular weight excluding hydrogens is 498 g/mol. The van der Waals surface area contributed by atoms with Crippen molar-refractivity contribution in [2.75, 3.05) is 17.9 Å². The normalized spacial score (nSPS) is 12.1. The fourth-order valence-electron chi connectivity index (χ4n) is 4.55. The van der Waals surface area contributed by atoms with Crippen LogP contribution in [0.3, 0.4) is 0 Å². The molecule has 0 spiro atoms. The molecule has 38 heavy (non-hydrogen) atoms. The Balaban J connectivity index is 2.10. The third-order valence-corrected chi connectivity index (χ3v) is 8.24. The zero-order valence-corrected chi connectivity index (χ0v) is 23.8. The van der Waals surface area contributed by atoms with Crippen molar-refractivity contribution in [1.29, 1.82) is 0 Å². The lowest BCUT2D eigenvalue weighted by Gasteiger charge is -2.33. The molecule has 0 saturated heterocycles. The number of rotatable bonds is 10. The van der Waals surface area contributed by atoms with Crippen molar-refractivity contribution >= 4 is 27.5 Å². The molecule has 0 aliphatic heterocycles. The molecule has 3 aromatic rings. The van der Waals surface area contributed by atoms with Crippen molar-refractivity contribution in [2.24, 2.45) is 0 Å². The van der Waals surface area contributed by atoms with Crippen LogP contribution in [0, 0.1) is 27.7 Å². The summed E-state index contributed by atoms with van der Waals surface area (Å²) in [7, 11) is -2.55. The third kappa shape index (κ3) is 6.81. The summed E-state index contributed by atoms with van der Waals surface area (Å²) < 4.78 is 29.0. The van der Waals surface area contributed by atoms with Gasteiger partial charge < -0.3 is 10.2 Å². The van der Waals surface area contributed by atoms with Gasteiger partial charge in [-0.05, 0) is 75.1 Å². The average Bonchev–Trinajstić information content (AvgIpc) is 2.86. The Kier molecular flexibility index (Phi) is 9.33. The van der Waals surface area contributed by atoms with Crippen molar-refractivity contribution in [3.63, 3.8) is 0 Å². The van der Waals surface area contributed by atoms with Gasteiger partial charge in [0.05, 0.1) is 10.6 Å². The summed E-state index contributed by atoms with van der Waals surface area (Å²) in [4.78, 5) is 28.4. The van der Waals surface area contributed by atoms with E-state index in [1.54, 1.807) is 36.4 Å². The van der Waals surface area contributed by atoms with Gasteiger partial charge in [0.25, 0.3) is 10.0 Å². The molecule has 0 aliphatic carbocycles. The highest BCUT2D eigenvalue weighted by atomic mass is 32.2. The van der Waals surface area contributed by atoms with Gasteiger partial charge in [0.1, 0.15) is 12.6 Å². The second kappa shape index (κ2) is 12.3. The maximum Gasteiger partial charge on any atom is 0.264 e. The molecule has 3 aromatic carbocycles. The largest absolute Gasteiger partial charge is 0.357 e. The summed E-state index contributed by atoms with van der Waals surface area (Å²) in [5.41, 5.74) is 4.98. The fourth-order valence-corrected chi connectivity index (χ4v) is 5.95. The van der Waals surface area contributed by atoms with Gasteiger partial charge in [0, 0.05) is 13.6 Å². The number of carbonyl (C=O) groups is 2. The van der Waals surface area contributed by atoms with E-state index < -0.39 is 28.5 Å². The van der Waals surface area contributed by atoms with Gasteiger partial charge in [-0.1, -0.05) is 60.5 Å². The Hall–Kier alpha value is -3.65. The smallest absolute Gasteiger partial charge is 0.264 e. The van der Waals surface area contributed by atoms with E-state index in [4.69, 9.17) is 0 Å². The first-order chi connectivity index (χ1) is 18.0. The summed E-state index contributed by atoms with van der Waals surface area (Å²) in [5.74, 6) is -0.760. The summed E-state index contributed by atoms with van der Waals surface area (Å²) in [6.45, 7) is 9.18. The van der Waals surface area contributed by atoms with E-state index in [1.165, 1.54) is 11.9 Å². The minimum atomic E-state index is -4.09. The molecule has 0 radical (unpaired) electrons. The van der Waals surface area contributed by atoms with Gasteiger partial charge in [-0.2, -0.15) is 0 Å². The highest BCUT2D eigenvalue weighted by Crippen LogP contribution is 2.27. The van der Waals surface area contributed by atoms with Crippen LogP contribution in [0.2, 0.25) is 0 Å². The monoisotopic (exact) mass is 535 g/mol. The van der Waals surface area contributed by atoms with Crippen LogP contribution >= 0.6 is 0 Å². The standard InChI is InChI=1S/C30H37N3O4S/c1-7-28(30(35)31-6)32(19-25-10-8-9-22(3)16-25)29(34)20-33(26-17-23(4)15-24(5)18-26)38(36,37)27-13-11-21(2)12-14-27/h8-18,28H,7,19-20H2,1-6H3,(H,31,35). The number of likely N-dealkylation sites (N-methyl/N-ethyl adjacent to an activating group) is 1. The van der Waals surface area contributed by atoms with E-state index in [-0.39, 0.29) is 17.3 Å². The predicted octanol–water partition coefficient (Wildman–Crippen LogP) is 4.67. The van der Waals surface area contributed by atoms with E-state index in [1.807, 2.05) is 65.0 Å². The molecule has 8 heteroatoms. The molecule has 0 aliphatic rings. The Morgan fingerprint density at radius 2 is 1.47 bits per heavy atom. The van der Waals surface area contributed by atoms with E-state index in [2.05, 4.69) is 5.32 Å². The first-order valence-corrected chi connectivity index (χ1v) is 14.1. The molecular formula is C30H37N3O4S. The molecule has 0 fully saturated rings. The van der Waals surface area contributed by atoms with Gasteiger partial charge in [0.15, 0.2) is 0 Å². The topological polar surface area (TPSA) is 86.8 Å². The number of amides is 2. The minimum absolute atomic E-state index is 0.0960. The number of hydrogen-bond acceptors (Lipinski definition) is 4. The van der Waals surface area contributed by atoms with Crippen LogP contribution in [0.25, 0.3) is 0 Å². The maximum atomic E-state index is 14.0. The van der Waals surface area contributed by atoms with Gasteiger partial charge in [0.2, 0.25) is 11.8 Å². The number of sulfonamides is 1. The summed E-state index contributed by atoms with van der Waals surface area (Å²) in [5, 5.41) is 2.65. The highest BCUT2D eigenvalue weighted by Gasteiger charge is 2.33. The third-order valence-electron chi connectivity index (χ3n) is 6.45. The summed E-state index contributed by atoms with van der Waals surface area (Å²) in [6.07, 6.45) is 0.380. The number of carbonyl (C=O) groups excluding carboxylic acids is 2. The summed E-state index contributed by atoms with van der Waals surface area (Å²) >= 11 is 0. The molecule has 1 N–H and O–H groups in total. The Morgan fingerprint density at radius 3 is 2.03 bits per heavy atom. The van der Waals surface area contributed by atoms with Crippen LogP contribution in [0.4, 0.5) is 5.69 Å². The molecule has 3 rings (SSSR count). The molecule has 0 saturated carbocycles. The molecule has 0 heterocycles. The van der Waals surface area contributed by atoms with Crippen molar-refractivity contribution in [3.8, 4) is 0 Å². The minimum Gasteiger partial charge on any atom is -0.357 e. The quantitative estimate of drug-likeness (QED) is 0.409. The number of nitrogens with one attached hydrogen (secondary N) is 1. The van der Waals surface area contributed by atoms with Crippen LogP contribution in [0.5, 0.6) is 0 Å². The van der Waals surface area contributed by atoms with E-state index >= 15 is 0 Å². The van der Waals surface area contributed by atoms with E-state index in [9.17, 15) is 18.0 Å². The van der Waals surface area contributed by atoms with Gasteiger partial charge >= 0.3 is 0 Å². The van der Waals surface area contributed by atoms with Crippen LogP contribution in [0.15, 0.2) is 71.6 Å². The molecule has 1 unspecified atom stereocenters. The van der Waals surface area contributed by atoms with Crippen LogP contribution < -0.4 is 9.62 Å². The fraction of sp³-hybridized carbons (Fsp3) is 0.333. The van der Waals surface area contributed by atoms with Gasteiger partial charge in [-0.15, -0.1) is 0 Å². The second-order valence-corrected chi connectivity index (χ2v) is 11.6. The van der Waals surface area contributed by atoms with Crippen molar-refractivity contribution in [1.82, 2.24) is 10.2 Å². The lowest BCUT2D eigenvalue weighted by atomic mass is 10.1. The predicted molar refractivity (Wildman–Crippen MR) is 152 cm³/mol. The number of benzene rings is 3. The lowest BCUT2D eigenvalue weighted by molar-refractivity contribution is -0.140. The molecule has 0 aromatic heterocycles. The van der Waals surface area contributed by atoms with Crippen LogP contribution in [0.1, 0.15) is 41.2 Å². The zero-order chi connectivity index (χ0) is 28.0. The van der Waals surface area contributed by atoms with Crippen LogP contribution in [-0.2, 0) is 26.2 Å². The average molecular weight is 536 g/mol. The number of anilines is 1. The van der Waals surface area contributed by atoms with Gasteiger partial charge in [-0.3, -0.25) is 13.9 Å². The highest BCUT2D eigenvalue weighted by molar-refractivity contribution is 7.92. The number of aryl methyl sites for hydroxylation is 4. The van der Waals surface area contributed by atoms with E-state index in [0.29, 0.717) is 12.1 Å². The lowest BCUT2D eigenvalue weighted by Crippen LogP contribution is -2.51. The molecule has 202 valence electrons. The molecule has 1 atom stereocenters.